The van der Waals surface area contributed by atoms with Gasteiger partial charge < -0.3 is 5.11 Å². The lowest BCUT2D eigenvalue weighted by atomic mass is 10.1. The molecular weight excluding hydrogens is 238 g/mol. The van der Waals surface area contributed by atoms with E-state index in [9.17, 15) is 9.90 Å². The molecule has 0 radical (unpaired) electrons. The average molecular weight is 258 g/mol. The van der Waals surface area contributed by atoms with E-state index >= 15 is 0 Å². The Morgan fingerprint density at radius 2 is 2.24 bits per heavy atom. The van der Waals surface area contributed by atoms with Crippen molar-refractivity contribution in [2.45, 2.75) is 38.0 Å². The van der Waals surface area contributed by atoms with Crippen LogP contribution in [0, 0.1) is 0 Å². The van der Waals surface area contributed by atoms with Crippen LogP contribution in [-0.4, -0.2) is 51.3 Å². The molecule has 1 fully saturated rings. The third-order valence-electron chi connectivity index (χ3n) is 3.36. The summed E-state index contributed by atoms with van der Waals surface area (Å²) in [5.41, 5.74) is 0.0676. The third-order valence-corrected chi connectivity index (χ3v) is 4.65. The Morgan fingerprint density at radius 1 is 1.59 bits per heavy atom. The summed E-state index contributed by atoms with van der Waals surface area (Å²) in [6.45, 7) is 9.39. The monoisotopic (exact) mass is 258 g/mol. The molecule has 2 aliphatic rings. The Morgan fingerprint density at radius 3 is 2.76 bits per heavy atom. The van der Waals surface area contributed by atoms with Crippen molar-refractivity contribution in [3.63, 3.8) is 0 Å². The largest absolute Gasteiger partial charge is 0.394 e. The average Bonchev–Trinajstić information content (AvgIpc) is 2.51. The number of amides is 1. The second kappa shape index (κ2) is 3.96. The van der Waals surface area contributed by atoms with Crippen molar-refractivity contribution < 1.29 is 14.8 Å². The summed E-state index contributed by atoms with van der Waals surface area (Å²) in [6, 6.07) is 0. The van der Waals surface area contributed by atoms with Crippen molar-refractivity contribution in [1.82, 2.24) is 4.90 Å². The van der Waals surface area contributed by atoms with E-state index in [2.05, 4.69) is 25.8 Å². The van der Waals surface area contributed by atoms with Gasteiger partial charge in [0.1, 0.15) is 4.75 Å². The zero-order valence-corrected chi connectivity index (χ0v) is 11.6. The van der Waals surface area contributed by atoms with Gasteiger partial charge in [0, 0.05) is 0 Å². The number of thioether (sulfide) groups is 1. The quantitative estimate of drug-likeness (QED) is 0.653. The minimum absolute atomic E-state index is 0.0230. The van der Waals surface area contributed by atoms with Crippen molar-refractivity contribution in [2.24, 2.45) is 4.99 Å². The molecule has 2 rings (SSSR count). The zero-order chi connectivity index (χ0) is 12.8. The molecule has 1 saturated heterocycles. The number of carbonyl (C=O) groups is 1. The highest BCUT2D eigenvalue weighted by molar-refractivity contribution is 8.16. The van der Waals surface area contributed by atoms with Crippen LogP contribution in [-0.2, 0) is 4.79 Å². The molecule has 0 spiro atoms. The molecule has 0 aliphatic carbocycles. The molecule has 1 amide bonds. The number of carbonyl (C=O) groups excluding carboxylic acids is 1. The van der Waals surface area contributed by atoms with E-state index in [1.165, 1.54) is 16.7 Å². The number of hydrogen-bond acceptors (Lipinski definition) is 4. The minimum atomic E-state index is -0.744. The lowest BCUT2D eigenvalue weighted by Crippen LogP contribution is -3.20. The van der Waals surface area contributed by atoms with Gasteiger partial charge >= 0.3 is 0 Å². The molecular formula is C11H20N3O2S+. The first kappa shape index (κ1) is 12.9. The van der Waals surface area contributed by atoms with Crippen molar-refractivity contribution in [3.8, 4) is 0 Å². The second-order valence-corrected chi connectivity index (χ2v) is 7.31. The highest BCUT2D eigenvalue weighted by Crippen LogP contribution is 2.36. The molecule has 2 aliphatic heterocycles. The van der Waals surface area contributed by atoms with Crippen molar-refractivity contribution in [2.75, 3.05) is 19.9 Å². The summed E-state index contributed by atoms with van der Waals surface area (Å²) in [5.74, 6) is -0.0230. The number of aliphatic hydroxyl groups excluding tert-OH is 1. The Bertz CT molecular complexity index is 377. The van der Waals surface area contributed by atoms with Gasteiger partial charge in [0.15, 0.2) is 18.5 Å². The molecule has 2 heterocycles. The fourth-order valence-corrected chi connectivity index (χ4v) is 2.96. The van der Waals surface area contributed by atoms with Crippen molar-refractivity contribution in [1.29, 1.82) is 0 Å². The molecule has 6 heteroatoms. The number of rotatable bonds is 1. The van der Waals surface area contributed by atoms with Gasteiger partial charge in [-0.05, 0) is 27.7 Å². The van der Waals surface area contributed by atoms with Gasteiger partial charge in [-0.3, -0.25) is 9.69 Å². The highest BCUT2D eigenvalue weighted by atomic mass is 32.2. The SMILES string of the molecule is CC(C)(C)[NH+]1CN=C2S[C@](C)(CO)C(=O)N2C1. The fourth-order valence-electron chi connectivity index (χ4n) is 1.91. The van der Waals surface area contributed by atoms with Crippen LogP contribution in [0.4, 0.5) is 0 Å². The summed E-state index contributed by atoms with van der Waals surface area (Å²) in [7, 11) is 0. The Balaban J connectivity index is 2.22. The lowest BCUT2D eigenvalue weighted by molar-refractivity contribution is -0.954. The number of quaternary nitrogens is 1. The van der Waals surface area contributed by atoms with Gasteiger partial charge in [0.05, 0.1) is 12.1 Å². The van der Waals surface area contributed by atoms with E-state index in [-0.39, 0.29) is 18.1 Å². The van der Waals surface area contributed by atoms with Gasteiger partial charge in [-0.15, -0.1) is 0 Å². The predicted molar refractivity (Wildman–Crippen MR) is 67.8 cm³/mol. The minimum Gasteiger partial charge on any atom is -0.394 e. The number of aliphatic hydroxyl groups is 1. The third kappa shape index (κ3) is 2.09. The van der Waals surface area contributed by atoms with Crippen molar-refractivity contribution in [3.05, 3.63) is 0 Å². The van der Waals surface area contributed by atoms with E-state index in [4.69, 9.17) is 0 Å². The van der Waals surface area contributed by atoms with Gasteiger partial charge in [-0.25, -0.2) is 9.89 Å². The summed E-state index contributed by atoms with van der Waals surface area (Å²) in [5, 5.41) is 10.1. The van der Waals surface area contributed by atoms with Crippen molar-refractivity contribution >= 4 is 22.8 Å². The van der Waals surface area contributed by atoms with E-state index in [0.29, 0.717) is 13.3 Å². The Kier molecular flexibility index (Phi) is 3.00. The normalized spacial score (nSPS) is 33.7. The van der Waals surface area contributed by atoms with Crippen LogP contribution >= 0.6 is 11.8 Å². The second-order valence-electron chi connectivity index (χ2n) is 5.83. The highest BCUT2D eigenvalue weighted by Gasteiger charge is 2.51. The first-order valence-corrected chi connectivity index (χ1v) is 6.61. The van der Waals surface area contributed by atoms with Gasteiger partial charge in [-0.1, -0.05) is 11.8 Å². The van der Waals surface area contributed by atoms with E-state index < -0.39 is 4.75 Å². The number of nitrogens with zero attached hydrogens (tertiary/aromatic N) is 2. The van der Waals surface area contributed by atoms with Crippen LogP contribution in [0.5, 0.6) is 0 Å². The van der Waals surface area contributed by atoms with Crippen LogP contribution in [0.1, 0.15) is 27.7 Å². The topological polar surface area (TPSA) is 57.3 Å². The maximum absolute atomic E-state index is 12.2. The summed E-state index contributed by atoms with van der Waals surface area (Å²) in [4.78, 5) is 19.7. The smallest absolute Gasteiger partial charge is 0.251 e. The van der Waals surface area contributed by atoms with E-state index in [0.717, 1.165) is 5.17 Å². The molecule has 2 atom stereocenters. The molecule has 1 unspecified atom stereocenters. The van der Waals surface area contributed by atoms with Gasteiger partial charge in [0.2, 0.25) is 0 Å². The number of aliphatic imine (C=N–C) groups is 1. The predicted octanol–water partition coefficient (Wildman–Crippen LogP) is -0.719. The zero-order valence-electron chi connectivity index (χ0n) is 10.8. The van der Waals surface area contributed by atoms with Crippen LogP contribution in [0.25, 0.3) is 0 Å². The number of hydrogen-bond donors (Lipinski definition) is 2. The number of nitrogens with one attached hydrogen (secondary N) is 1. The first-order chi connectivity index (χ1) is 7.78. The molecule has 0 aromatic heterocycles. The number of amidine groups is 1. The maximum atomic E-state index is 12.2. The Hall–Kier alpha value is -0.590. The summed E-state index contributed by atoms with van der Waals surface area (Å²) < 4.78 is -0.744. The van der Waals surface area contributed by atoms with Crippen LogP contribution in [0.3, 0.4) is 0 Å². The summed E-state index contributed by atoms with van der Waals surface area (Å²) >= 11 is 1.38. The summed E-state index contributed by atoms with van der Waals surface area (Å²) in [6.07, 6.45) is 0. The number of fused-ring (bicyclic) bond motifs is 1. The molecule has 0 bridgehead atoms. The first-order valence-electron chi connectivity index (χ1n) is 5.79. The molecule has 96 valence electrons. The fraction of sp³-hybridized carbons (Fsp3) is 0.818. The maximum Gasteiger partial charge on any atom is 0.251 e. The molecule has 17 heavy (non-hydrogen) atoms. The molecule has 0 aromatic rings. The lowest BCUT2D eigenvalue weighted by Gasteiger charge is -2.36. The Labute approximate surface area is 106 Å². The van der Waals surface area contributed by atoms with Gasteiger partial charge in [-0.2, -0.15) is 0 Å². The molecule has 2 N–H and O–H groups in total. The molecule has 0 saturated carbocycles. The van der Waals surface area contributed by atoms with E-state index in [1.807, 2.05) is 0 Å². The van der Waals surface area contributed by atoms with Gasteiger partial charge in [0.25, 0.3) is 5.91 Å². The van der Waals surface area contributed by atoms with E-state index in [1.54, 1.807) is 11.8 Å². The van der Waals surface area contributed by atoms with Crippen LogP contribution in [0.15, 0.2) is 4.99 Å². The van der Waals surface area contributed by atoms with Crippen LogP contribution in [0.2, 0.25) is 0 Å². The molecule has 0 aromatic carbocycles. The molecule has 5 nitrogen and oxygen atoms in total. The van der Waals surface area contributed by atoms with Crippen LogP contribution < -0.4 is 4.90 Å². The standard InChI is InChI=1S/C11H19N3O2S/c1-10(2,3)13-6-12-9-14(7-13)8(16)11(4,5-15)17-9/h15H,5-7H2,1-4H3/p+1/t11-/m1/s1.